The van der Waals surface area contributed by atoms with E-state index in [4.69, 9.17) is 19.4 Å². The van der Waals surface area contributed by atoms with Crippen LogP contribution in [0.15, 0.2) is 61.2 Å². The first-order valence-electron chi connectivity index (χ1n) is 14.0. The van der Waals surface area contributed by atoms with Crippen molar-refractivity contribution in [2.75, 3.05) is 31.7 Å². The molecule has 2 aromatic carbocycles. The van der Waals surface area contributed by atoms with Gasteiger partial charge >= 0.3 is 18.1 Å². The first-order valence-corrected chi connectivity index (χ1v) is 14.0. The Balaban J connectivity index is 0.000000541. The van der Waals surface area contributed by atoms with Crippen molar-refractivity contribution < 1.29 is 42.4 Å². The van der Waals surface area contributed by atoms with Crippen molar-refractivity contribution in [2.45, 2.75) is 44.2 Å². The van der Waals surface area contributed by atoms with Crippen LogP contribution < -0.4 is 14.4 Å². The van der Waals surface area contributed by atoms with Crippen molar-refractivity contribution in [3.63, 3.8) is 0 Å². The van der Waals surface area contributed by atoms with Crippen molar-refractivity contribution in [3.05, 3.63) is 66.7 Å². The molecular weight excluding hydrogens is 567 g/mol. The molecule has 0 bridgehead atoms. The van der Waals surface area contributed by atoms with Gasteiger partial charge in [0, 0.05) is 48.4 Å². The van der Waals surface area contributed by atoms with Crippen LogP contribution in [0.1, 0.15) is 43.6 Å². The Morgan fingerprint density at radius 2 is 1.67 bits per heavy atom. The number of anilines is 1. The molecule has 2 heterocycles. The van der Waals surface area contributed by atoms with Gasteiger partial charge in [-0.15, -0.1) is 0 Å². The fourth-order valence-electron chi connectivity index (χ4n) is 5.22. The molecule has 1 aliphatic heterocycles. The van der Waals surface area contributed by atoms with Crippen LogP contribution in [0.3, 0.4) is 0 Å². The van der Waals surface area contributed by atoms with Crippen LogP contribution in [0.25, 0.3) is 11.1 Å². The SMILES string of the molecule is COc1ccc(-c2cncnc2)c(N2CCC(COc3cccc(C(CC(=O)O)C4CC4)c3)CC2)c1.O=C(O)C(F)(F)F. The number of benzene rings is 2. The maximum absolute atomic E-state index is 11.4. The number of hydrogen-bond donors (Lipinski definition) is 2. The van der Waals surface area contributed by atoms with Gasteiger partial charge in [-0.05, 0) is 73.3 Å². The van der Waals surface area contributed by atoms with E-state index in [1.54, 1.807) is 13.4 Å². The maximum Gasteiger partial charge on any atom is 0.490 e. The fraction of sp³-hybridized carbons (Fsp3) is 0.419. The molecule has 1 saturated carbocycles. The molecule has 12 heteroatoms. The number of aliphatic carboxylic acids is 2. The van der Waals surface area contributed by atoms with E-state index in [1.807, 2.05) is 42.7 Å². The van der Waals surface area contributed by atoms with Gasteiger partial charge in [0.25, 0.3) is 0 Å². The number of carboxylic acids is 2. The summed E-state index contributed by atoms with van der Waals surface area (Å²) in [5.41, 5.74) is 4.32. The minimum atomic E-state index is -5.08. The molecule has 230 valence electrons. The van der Waals surface area contributed by atoms with Crippen molar-refractivity contribution in [1.82, 2.24) is 9.97 Å². The first kappa shape index (κ1) is 31.6. The molecule has 2 fully saturated rings. The largest absolute Gasteiger partial charge is 0.497 e. The molecule has 5 rings (SSSR count). The lowest BCUT2D eigenvalue weighted by Gasteiger charge is -2.35. The number of methoxy groups -OCH3 is 1. The Morgan fingerprint density at radius 3 is 2.26 bits per heavy atom. The Morgan fingerprint density at radius 1 is 1.00 bits per heavy atom. The maximum atomic E-state index is 11.4. The molecule has 1 atom stereocenters. The lowest BCUT2D eigenvalue weighted by atomic mass is 9.91. The second-order valence-corrected chi connectivity index (χ2v) is 10.7. The molecular formula is C31H34F3N3O6. The van der Waals surface area contributed by atoms with Gasteiger partial charge in [-0.25, -0.2) is 14.8 Å². The zero-order valence-corrected chi connectivity index (χ0v) is 23.7. The molecule has 43 heavy (non-hydrogen) atoms. The zero-order valence-electron chi connectivity index (χ0n) is 23.7. The molecule has 0 amide bonds. The number of ether oxygens (including phenoxy) is 2. The monoisotopic (exact) mass is 601 g/mol. The van der Waals surface area contributed by atoms with Crippen LogP contribution in [0.5, 0.6) is 11.5 Å². The highest BCUT2D eigenvalue weighted by Crippen LogP contribution is 2.45. The Bertz CT molecular complexity index is 1380. The Labute approximate surface area is 247 Å². The number of carbonyl (C=O) groups is 2. The Kier molecular flexibility index (Phi) is 10.4. The Hall–Kier alpha value is -4.35. The summed E-state index contributed by atoms with van der Waals surface area (Å²) in [6, 6.07) is 14.2. The summed E-state index contributed by atoms with van der Waals surface area (Å²) in [6.07, 6.45) is 4.65. The normalized spacial score (nSPS) is 16.0. The van der Waals surface area contributed by atoms with Crippen molar-refractivity contribution in [1.29, 1.82) is 0 Å². The van der Waals surface area contributed by atoms with E-state index in [-0.39, 0.29) is 12.3 Å². The quantitative estimate of drug-likeness (QED) is 0.286. The third-order valence-electron chi connectivity index (χ3n) is 7.63. The third kappa shape index (κ3) is 9.07. The number of piperidine rings is 1. The topological polar surface area (TPSA) is 122 Å². The smallest absolute Gasteiger partial charge is 0.490 e. The van der Waals surface area contributed by atoms with Gasteiger partial charge in [-0.3, -0.25) is 4.79 Å². The molecule has 0 radical (unpaired) electrons. The molecule has 1 saturated heterocycles. The highest BCUT2D eigenvalue weighted by Gasteiger charge is 2.38. The van der Waals surface area contributed by atoms with Crippen LogP contribution in [-0.4, -0.2) is 65.1 Å². The second kappa shape index (κ2) is 14.2. The molecule has 2 N–H and O–H groups in total. The molecule has 0 spiro atoms. The minimum Gasteiger partial charge on any atom is -0.497 e. The lowest BCUT2D eigenvalue weighted by Crippen LogP contribution is -2.35. The number of nitrogens with zero attached hydrogens (tertiary/aromatic N) is 3. The van der Waals surface area contributed by atoms with Crippen LogP contribution >= 0.6 is 0 Å². The van der Waals surface area contributed by atoms with E-state index in [0.717, 1.165) is 72.6 Å². The highest BCUT2D eigenvalue weighted by atomic mass is 19.4. The van der Waals surface area contributed by atoms with E-state index < -0.39 is 18.1 Å². The number of alkyl halides is 3. The van der Waals surface area contributed by atoms with E-state index in [1.165, 1.54) is 0 Å². The van der Waals surface area contributed by atoms with Crippen LogP contribution in [-0.2, 0) is 9.59 Å². The van der Waals surface area contributed by atoms with Gasteiger partial charge < -0.3 is 24.6 Å². The molecule has 1 aromatic heterocycles. The summed E-state index contributed by atoms with van der Waals surface area (Å²) < 4.78 is 43.4. The summed E-state index contributed by atoms with van der Waals surface area (Å²) in [5.74, 6) is -0.770. The van der Waals surface area contributed by atoms with E-state index in [0.29, 0.717) is 18.4 Å². The van der Waals surface area contributed by atoms with Gasteiger partial charge in [0.2, 0.25) is 0 Å². The molecule has 1 unspecified atom stereocenters. The summed E-state index contributed by atoms with van der Waals surface area (Å²) in [6.45, 7) is 2.54. The van der Waals surface area contributed by atoms with Gasteiger partial charge in [-0.2, -0.15) is 13.2 Å². The van der Waals surface area contributed by atoms with Crippen LogP contribution in [0, 0.1) is 11.8 Å². The average molecular weight is 602 g/mol. The predicted molar refractivity (Wildman–Crippen MR) is 152 cm³/mol. The summed E-state index contributed by atoms with van der Waals surface area (Å²) >= 11 is 0. The zero-order chi connectivity index (χ0) is 31.0. The van der Waals surface area contributed by atoms with Gasteiger partial charge in [0.15, 0.2) is 0 Å². The van der Waals surface area contributed by atoms with Gasteiger partial charge in [0.05, 0.1) is 20.1 Å². The molecule has 2 aliphatic rings. The lowest BCUT2D eigenvalue weighted by molar-refractivity contribution is -0.192. The van der Waals surface area contributed by atoms with Crippen LogP contribution in [0.2, 0.25) is 0 Å². The van der Waals surface area contributed by atoms with E-state index >= 15 is 0 Å². The number of aromatic nitrogens is 2. The van der Waals surface area contributed by atoms with Crippen LogP contribution in [0.4, 0.5) is 18.9 Å². The van der Waals surface area contributed by atoms with Crippen molar-refractivity contribution in [2.24, 2.45) is 11.8 Å². The number of carboxylic acid groups (broad SMARTS) is 2. The first-order chi connectivity index (χ1) is 20.5. The molecule has 9 nitrogen and oxygen atoms in total. The predicted octanol–water partition coefficient (Wildman–Crippen LogP) is 6.05. The third-order valence-corrected chi connectivity index (χ3v) is 7.63. The van der Waals surface area contributed by atoms with E-state index in [2.05, 4.69) is 27.0 Å². The fourth-order valence-corrected chi connectivity index (χ4v) is 5.22. The van der Waals surface area contributed by atoms with Gasteiger partial charge in [-0.1, -0.05) is 12.1 Å². The number of rotatable bonds is 10. The summed E-state index contributed by atoms with van der Waals surface area (Å²) in [4.78, 5) is 31.0. The molecule has 3 aromatic rings. The molecule has 1 aliphatic carbocycles. The standard InChI is InChI=1S/C29H33N3O4.C2HF3O2/c1-35-24-7-8-26(23-16-30-19-31-17-23)28(14-24)32-11-9-20(10-12-32)18-36-25-4-2-3-22(13-25)27(15-29(33)34)21-5-6-21;3-2(4,5)1(6)7/h2-4,7-8,13-14,16-17,19-21,27H,5-6,9-12,15,18H2,1H3,(H,33,34);(H,6,7). The second-order valence-electron chi connectivity index (χ2n) is 10.7. The average Bonchev–Trinajstić information content (AvgIpc) is 3.85. The summed E-state index contributed by atoms with van der Waals surface area (Å²) in [7, 11) is 1.69. The number of hydrogen-bond acceptors (Lipinski definition) is 7. The highest BCUT2D eigenvalue weighted by molar-refractivity contribution is 5.79. The van der Waals surface area contributed by atoms with Crippen molar-refractivity contribution >= 4 is 17.6 Å². The van der Waals surface area contributed by atoms with Crippen molar-refractivity contribution in [3.8, 4) is 22.6 Å². The van der Waals surface area contributed by atoms with E-state index in [9.17, 15) is 23.1 Å². The number of halogens is 3. The van der Waals surface area contributed by atoms with Gasteiger partial charge in [0.1, 0.15) is 17.8 Å². The minimum absolute atomic E-state index is 0.0846. The summed E-state index contributed by atoms with van der Waals surface area (Å²) in [5, 5.41) is 16.5.